The third kappa shape index (κ3) is 5.86. The zero-order valence-electron chi connectivity index (χ0n) is 12.7. The van der Waals surface area contributed by atoms with Crippen molar-refractivity contribution in [3.05, 3.63) is 6.33 Å². The molecule has 0 unspecified atom stereocenters. The van der Waals surface area contributed by atoms with Gasteiger partial charge in [0.15, 0.2) is 11.6 Å². The summed E-state index contributed by atoms with van der Waals surface area (Å²) in [4.78, 5) is 8.49. The first kappa shape index (κ1) is 16.9. The number of methoxy groups -OCH3 is 1. The highest BCUT2D eigenvalue weighted by Crippen LogP contribution is 2.28. The molecule has 0 spiro atoms. The molecular formula is C14H26N4OS. The van der Waals surface area contributed by atoms with Crippen LogP contribution in [0.5, 0.6) is 5.75 Å². The summed E-state index contributed by atoms with van der Waals surface area (Å²) in [5, 5.41) is 6.59. The lowest BCUT2D eigenvalue weighted by molar-refractivity contribution is 0.414. The van der Waals surface area contributed by atoms with Crippen LogP contribution in [0.2, 0.25) is 0 Å². The molecule has 2 N–H and O–H groups in total. The van der Waals surface area contributed by atoms with Gasteiger partial charge in [-0.05, 0) is 31.3 Å². The van der Waals surface area contributed by atoms with Crippen LogP contribution in [0.15, 0.2) is 6.33 Å². The van der Waals surface area contributed by atoms with Gasteiger partial charge in [0, 0.05) is 13.1 Å². The number of nitrogens with zero attached hydrogens (tertiary/aromatic N) is 2. The topological polar surface area (TPSA) is 59.1 Å². The molecule has 1 aromatic rings. The Labute approximate surface area is 126 Å². The molecule has 0 aliphatic heterocycles. The smallest absolute Gasteiger partial charge is 0.204 e. The van der Waals surface area contributed by atoms with Gasteiger partial charge in [-0.25, -0.2) is 9.97 Å². The Bertz CT molecular complexity index is 376. The highest BCUT2D eigenvalue weighted by molar-refractivity contribution is 7.98. The minimum Gasteiger partial charge on any atom is -0.490 e. The van der Waals surface area contributed by atoms with Gasteiger partial charge >= 0.3 is 0 Å². The van der Waals surface area contributed by atoms with Crippen molar-refractivity contribution in [2.45, 2.75) is 32.6 Å². The maximum atomic E-state index is 5.42. The molecular weight excluding hydrogens is 272 g/mol. The van der Waals surface area contributed by atoms with E-state index in [1.165, 1.54) is 18.6 Å². The molecule has 0 saturated carbocycles. The molecule has 0 amide bonds. The minimum absolute atomic E-state index is 0.699. The quantitative estimate of drug-likeness (QED) is 0.612. The van der Waals surface area contributed by atoms with Crippen LogP contribution >= 0.6 is 11.8 Å². The fourth-order valence-corrected chi connectivity index (χ4v) is 2.31. The van der Waals surface area contributed by atoms with Crippen molar-refractivity contribution in [2.24, 2.45) is 0 Å². The lowest BCUT2D eigenvalue weighted by Crippen LogP contribution is -2.09. The van der Waals surface area contributed by atoms with E-state index in [1.807, 2.05) is 11.8 Å². The molecule has 0 saturated heterocycles. The fraction of sp³-hybridized carbons (Fsp3) is 0.714. The second-order valence-corrected chi connectivity index (χ2v) is 5.50. The maximum absolute atomic E-state index is 5.42. The van der Waals surface area contributed by atoms with Gasteiger partial charge in [0.1, 0.15) is 6.33 Å². The van der Waals surface area contributed by atoms with E-state index in [1.54, 1.807) is 13.4 Å². The van der Waals surface area contributed by atoms with Crippen LogP contribution in [0, 0.1) is 0 Å². The van der Waals surface area contributed by atoms with E-state index in [0.717, 1.165) is 37.6 Å². The fourth-order valence-electron chi connectivity index (χ4n) is 1.82. The van der Waals surface area contributed by atoms with Crippen molar-refractivity contribution in [1.82, 2.24) is 9.97 Å². The van der Waals surface area contributed by atoms with Gasteiger partial charge in [-0.3, -0.25) is 0 Å². The van der Waals surface area contributed by atoms with E-state index in [2.05, 4.69) is 33.8 Å². The molecule has 0 aromatic carbocycles. The Morgan fingerprint density at radius 2 is 1.80 bits per heavy atom. The second-order valence-electron chi connectivity index (χ2n) is 4.51. The van der Waals surface area contributed by atoms with Crippen LogP contribution < -0.4 is 15.4 Å². The zero-order chi connectivity index (χ0) is 14.6. The molecule has 0 aliphatic carbocycles. The Balaban J connectivity index is 2.47. The highest BCUT2D eigenvalue weighted by Gasteiger charge is 2.10. The minimum atomic E-state index is 0.699. The van der Waals surface area contributed by atoms with Gasteiger partial charge in [0.05, 0.1) is 7.11 Å². The number of rotatable bonds is 11. The van der Waals surface area contributed by atoms with Gasteiger partial charge in [0.25, 0.3) is 0 Å². The van der Waals surface area contributed by atoms with Crippen LogP contribution in [-0.2, 0) is 0 Å². The summed E-state index contributed by atoms with van der Waals surface area (Å²) in [5.41, 5.74) is 0. The number of anilines is 2. The molecule has 0 fully saturated rings. The first-order valence-corrected chi connectivity index (χ1v) is 8.58. The van der Waals surface area contributed by atoms with Gasteiger partial charge in [0.2, 0.25) is 5.75 Å². The first-order chi connectivity index (χ1) is 9.83. The predicted octanol–water partition coefficient (Wildman–Crippen LogP) is 3.25. The SMILES string of the molecule is CCCNc1ncnc(NCCCCCSC)c1OC. The number of hydrogen-bond donors (Lipinski definition) is 2. The second kappa shape index (κ2) is 10.6. The Morgan fingerprint density at radius 1 is 1.10 bits per heavy atom. The van der Waals surface area contributed by atoms with E-state index in [-0.39, 0.29) is 0 Å². The van der Waals surface area contributed by atoms with Crippen molar-refractivity contribution in [3.63, 3.8) is 0 Å². The van der Waals surface area contributed by atoms with Crippen LogP contribution in [-0.4, -0.2) is 42.2 Å². The van der Waals surface area contributed by atoms with Crippen LogP contribution in [0.4, 0.5) is 11.6 Å². The summed E-state index contributed by atoms with van der Waals surface area (Å²) in [6.07, 6.45) is 8.41. The average Bonchev–Trinajstić information content (AvgIpc) is 2.48. The largest absolute Gasteiger partial charge is 0.490 e. The van der Waals surface area contributed by atoms with Gasteiger partial charge < -0.3 is 15.4 Å². The molecule has 0 aliphatic rings. The summed E-state index contributed by atoms with van der Waals surface area (Å²) in [6.45, 7) is 3.91. The van der Waals surface area contributed by atoms with Crippen molar-refractivity contribution in [2.75, 3.05) is 42.8 Å². The molecule has 5 nitrogen and oxygen atoms in total. The first-order valence-electron chi connectivity index (χ1n) is 7.19. The molecule has 1 heterocycles. The third-order valence-electron chi connectivity index (χ3n) is 2.87. The molecule has 6 heteroatoms. The molecule has 0 bridgehead atoms. The molecule has 20 heavy (non-hydrogen) atoms. The summed E-state index contributed by atoms with van der Waals surface area (Å²) < 4.78 is 5.42. The molecule has 1 rings (SSSR count). The average molecular weight is 298 g/mol. The number of ether oxygens (including phenoxy) is 1. The van der Waals surface area contributed by atoms with Crippen molar-refractivity contribution < 1.29 is 4.74 Å². The predicted molar refractivity (Wildman–Crippen MR) is 88.1 cm³/mol. The molecule has 114 valence electrons. The zero-order valence-corrected chi connectivity index (χ0v) is 13.6. The Hall–Kier alpha value is -1.17. The number of hydrogen-bond acceptors (Lipinski definition) is 6. The number of nitrogens with one attached hydrogen (secondary N) is 2. The van der Waals surface area contributed by atoms with E-state index in [4.69, 9.17) is 4.74 Å². The van der Waals surface area contributed by atoms with Crippen LogP contribution in [0.1, 0.15) is 32.6 Å². The van der Waals surface area contributed by atoms with E-state index in [9.17, 15) is 0 Å². The lowest BCUT2D eigenvalue weighted by atomic mass is 10.2. The van der Waals surface area contributed by atoms with E-state index in [0.29, 0.717) is 5.75 Å². The highest BCUT2D eigenvalue weighted by atomic mass is 32.2. The van der Waals surface area contributed by atoms with Crippen molar-refractivity contribution in [1.29, 1.82) is 0 Å². The summed E-state index contributed by atoms with van der Waals surface area (Å²) in [5.74, 6) is 3.47. The van der Waals surface area contributed by atoms with Crippen molar-refractivity contribution >= 4 is 23.4 Å². The molecule has 0 radical (unpaired) electrons. The maximum Gasteiger partial charge on any atom is 0.204 e. The van der Waals surface area contributed by atoms with Gasteiger partial charge in [-0.1, -0.05) is 13.3 Å². The lowest BCUT2D eigenvalue weighted by Gasteiger charge is -2.13. The summed E-state index contributed by atoms with van der Waals surface area (Å²) in [6, 6.07) is 0. The summed E-state index contributed by atoms with van der Waals surface area (Å²) in [7, 11) is 1.65. The van der Waals surface area contributed by atoms with Crippen molar-refractivity contribution in [3.8, 4) is 5.75 Å². The normalized spacial score (nSPS) is 10.3. The Morgan fingerprint density at radius 3 is 2.40 bits per heavy atom. The van der Waals surface area contributed by atoms with Gasteiger partial charge in [-0.15, -0.1) is 0 Å². The Kier molecular flexibility index (Phi) is 8.95. The van der Waals surface area contributed by atoms with Gasteiger partial charge in [-0.2, -0.15) is 11.8 Å². The van der Waals surface area contributed by atoms with E-state index >= 15 is 0 Å². The molecule has 0 atom stereocenters. The van der Waals surface area contributed by atoms with Crippen LogP contribution in [0.25, 0.3) is 0 Å². The number of unbranched alkanes of at least 4 members (excludes halogenated alkanes) is 2. The summed E-state index contributed by atoms with van der Waals surface area (Å²) >= 11 is 1.90. The third-order valence-corrected chi connectivity index (χ3v) is 3.56. The monoisotopic (exact) mass is 298 g/mol. The van der Waals surface area contributed by atoms with Crippen LogP contribution in [0.3, 0.4) is 0 Å². The number of thioether (sulfide) groups is 1. The molecule has 1 aromatic heterocycles. The standard InChI is InChI=1S/C14H26N4OS/c1-4-8-15-13-12(19-2)14(18-11-17-13)16-9-6-5-7-10-20-3/h11H,4-10H2,1-3H3,(H2,15,16,17,18). The number of aromatic nitrogens is 2. The van der Waals surface area contributed by atoms with E-state index < -0.39 is 0 Å².